The molecule has 0 bridgehead atoms. The summed E-state index contributed by atoms with van der Waals surface area (Å²) in [6.07, 6.45) is 0.858. The molecule has 0 aliphatic carbocycles. The van der Waals surface area contributed by atoms with Crippen LogP contribution in [0.2, 0.25) is 0 Å². The van der Waals surface area contributed by atoms with Crippen LogP contribution in [0.3, 0.4) is 0 Å². The average Bonchev–Trinajstić information content (AvgIpc) is 3.24. The second-order valence-electron chi connectivity index (χ2n) is 5.38. The van der Waals surface area contributed by atoms with Crippen LogP contribution in [0.4, 0.5) is 5.69 Å². The van der Waals surface area contributed by atoms with E-state index in [9.17, 15) is 4.79 Å². The van der Waals surface area contributed by atoms with Crippen molar-refractivity contribution in [1.82, 2.24) is 14.8 Å². The Hall–Kier alpha value is -2.25. The van der Waals surface area contributed by atoms with E-state index in [0.717, 1.165) is 22.5 Å². The lowest BCUT2D eigenvalue weighted by Gasteiger charge is -2.16. The average molecular weight is 358 g/mol. The number of hydrogen-bond acceptors (Lipinski definition) is 4. The van der Waals surface area contributed by atoms with Crippen molar-refractivity contribution in [3.05, 3.63) is 52.1 Å². The number of aryl methyl sites for hydroxylation is 1. The van der Waals surface area contributed by atoms with Crippen LogP contribution >= 0.6 is 23.6 Å². The van der Waals surface area contributed by atoms with Crippen molar-refractivity contribution < 1.29 is 4.79 Å². The van der Waals surface area contributed by atoms with Gasteiger partial charge in [0.25, 0.3) is 0 Å². The Labute approximate surface area is 149 Å². The van der Waals surface area contributed by atoms with E-state index in [4.69, 9.17) is 12.2 Å². The first-order valence-electron chi connectivity index (χ1n) is 7.71. The molecule has 1 aromatic carbocycles. The van der Waals surface area contributed by atoms with Gasteiger partial charge in [-0.3, -0.25) is 14.5 Å². The number of amides is 1. The fraction of sp³-hybridized carbons (Fsp3) is 0.235. The molecular weight excluding hydrogens is 340 g/mol. The first-order valence-corrected chi connectivity index (χ1v) is 9.00. The van der Waals surface area contributed by atoms with Crippen molar-refractivity contribution in [2.24, 2.45) is 0 Å². The first kappa shape index (κ1) is 16.6. The maximum absolute atomic E-state index is 12.7. The number of rotatable bonds is 5. The molecule has 5 nitrogen and oxygen atoms in total. The Bertz CT molecular complexity index is 895. The monoisotopic (exact) mass is 358 g/mol. The van der Waals surface area contributed by atoms with E-state index in [-0.39, 0.29) is 5.91 Å². The fourth-order valence-electron chi connectivity index (χ4n) is 2.55. The van der Waals surface area contributed by atoms with Crippen LogP contribution in [-0.2, 0) is 11.2 Å². The van der Waals surface area contributed by atoms with Gasteiger partial charge in [0.05, 0.1) is 4.88 Å². The molecule has 3 rings (SSSR count). The van der Waals surface area contributed by atoms with Gasteiger partial charge < -0.3 is 5.32 Å². The molecule has 2 heterocycles. The molecule has 124 valence electrons. The van der Waals surface area contributed by atoms with Crippen LogP contribution in [0.5, 0.6) is 0 Å². The Morgan fingerprint density at radius 1 is 1.38 bits per heavy atom. The number of para-hydroxylation sites is 1. The second-order valence-corrected chi connectivity index (χ2v) is 6.71. The molecule has 1 atom stereocenters. The highest BCUT2D eigenvalue weighted by molar-refractivity contribution is 7.71. The number of benzene rings is 1. The molecule has 0 aliphatic heterocycles. The first-order chi connectivity index (χ1) is 11.6. The lowest BCUT2D eigenvalue weighted by Crippen LogP contribution is -2.24. The van der Waals surface area contributed by atoms with E-state index in [2.05, 4.69) is 22.4 Å². The summed E-state index contributed by atoms with van der Waals surface area (Å²) in [4.78, 5) is 13.7. The van der Waals surface area contributed by atoms with Gasteiger partial charge in [0.1, 0.15) is 6.04 Å². The van der Waals surface area contributed by atoms with Gasteiger partial charge in [0.15, 0.2) is 10.6 Å². The standard InChI is InChI=1S/C17H18N4OS2/c1-3-12-7-4-5-8-13(12)18-16(22)11(2)21-15(19-20-17(21)23)14-9-6-10-24-14/h4-11H,3H2,1-2H3,(H,18,22)(H,20,23). The zero-order valence-electron chi connectivity index (χ0n) is 13.4. The third kappa shape index (κ3) is 3.18. The van der Waals surface area contributed by atoms with Crippen molar-refractivity contribution in [3.63, 3.8) is 0 Å². The zero-order chi connectivity index (χ0) is 17.1. The van der Waals surface area contributed by atoms with Crippen molar-refractivity contribution in [1.29, 1.82) is 0 Å². The van der Waals surface area contributed by atoms with Crippen LogP contribution in [0.15, 0.2) is 41.8 Å². The SMILES string of the molecule is CCc1ccccc1NC(=O)C(C)n1c(-c2cccs2)n[nH]c1=S. The van der Waals surface area contributed by atoms with E-state index < -0.39 is 6.04 Å². The number of carbonyl (C=O) groups excluding carboxylic acids is 1. The number of aromatic amines is 1. The van der Waals surface area contributed by atoms with Gasteiger partial charge in [-0.1, -0.05) is 31.2 Å². The van der Waals surface area contributed by atoms with E-state index in [1.807, 2.05) is 48.7 Å². The number of anilines is 1. The summed E-state index contributed by atoms with van der Waals surface area (Å²) in [5, 5.41) is 12.0. The molecule has 0 radical (unpaired) electrons. The zero-order valence-corrected chi connectivity index (χ0v) is 15.1. The molecule has 2 N–H and O–H groups in total. The molecule has 7 heteroatoms. The number of hydrogen-bond donors (Lipinski definition) is 2. The van der Waals surface area contributed by atoms with Crippen LogP contribution in [-0.4, -0.2) is 20.7 Å². The Kier molecular flexibility index (Phi) is 4.92. The summed E-state index contributed by atoms with van der Waals surface area (Å²) in [6, 6.07) is 11.3. The summed E-state index contributed by atoms with van der Waals surface area (Å²) >= 11 is 6.89. The maximum atomic E-state index is 12.7. The molecule has 1 unspecified atom stereocenters. The molecular formula is C17H18N4OS2. The van der Waals surface area contributed by atoms with Crippen molar-refractivity contribution >= 4 is 35.1 Å². The summed E-state index contributed by atoms with van der Waals surface area (Å²) in [5.74, 6) is 0.563. The molecule has 2 aromatic heterocycles. The van der Waals surface area contributed by atoms with E-state index in [1.54, 1.807) is 15.9 Å². The van der Waals surface area contributed by atoms with E-state index >= 15 is 0 Å². The van der Waals surface area contributed by atoms with Gasteiger partial charge in [-0.15, -0.1) is 11.3 Å². The quantitative estimate of drug-likeness (QED) is 0.663. The minimum Gasteiger partial charge on any atom is -0.324 e. The van der Waals surface area contributed by atoms with Crippen LogP contribution in [0.1, 0.15) is 25.5 Å². The topological polar surface area (TPSA) is 62.7 Å². The van der Waals surface area contributed by atoms with Gasteiger partial charge >= 0.3 is 0 Å². The molecule has 24 heavy (non-hydrogen) atoms. The number of nitrogens with zero attached hydrogens (tertiary/aromatic N) is 2. The number of thiophene rings is 1. The van der Waals surface area contributed by atoms with Gasteiger partial charge in [-0.2, -0.15) is 5.10 Å². The predicted molar refractivity (Wildman–Crippen MR) is 99.9 cm³/mol. The van der Waals surface area contributed by atoms with Crippen molar-refractivity contribution in [2.75, 3.05) is 5.32 Å². The summed E-state index contributed by atoms with van der Waals surface area (Å²) in [7, 11) is 0. The smallest absolute Gasteiger partial charge is 0.247 e. The van der Waals surface area contributed by atoms with Crippen LogP contribution in [0.25, 0.3) is 10.7 Å². The lowest BCUT2D eigenvalue weighted by atomic mass is 10.1. The van der Waals surface area contributed by atoms with E-state index in [1.165, 1.54) is 0 Å². The van der Waals surface area contributed by atoms with Crippen molar-refractivity contribution in [2.45, 2.75) is 26.3 Å². The van der Waals surface area contributed by atoms with Crippen LogP contribution in [0, 0.1) is 4.77 Å². The third-order valence-electron chi connectivity index (χ3n) is 3.87. The molecule has 0 aliphatic rings. The van der Waals surface area contributed by atoms with Gasteiger partial charge in [-0.25, -0.2) is 0 Å². The Balaban J connectivity index is 1.90. The third-order valence-corrected chi connectivity index (χ3v) is 5.02. The number of carbonyl (C=O) groups is 1. The van der Waals surface area contributed by atoms with E-state index in [0.29, 0.717) is 10.6 Å². The predicted octanol–water partition coefficient (Wildman–Crippen LogP) is 4.43. The second kappa shape index (κ2) is 7.11. The summed E-state index contributed by atoms with van der Waals surface area (Å²) in [6.45, 7) is 3.89. The Morgan fingerprint density at radius 3 is 2.88 bits per heavy atom. The van der Waals surface area contributed by atoms with Crippen molar-refractivity contribution in [3.8, 4) is 10.7 Å². The molecule has 0 fully saturated rings. The molecule has 0 saturated carbocycles. The highest BCUT2D eigenvalue weighted by Gasteiger charge is 2.21. The summed E-state index contributed by atoms with van der Waals surface area (Å²) in [5.41, 5.74) is 1.94. The number of aromatic nitrogens is 3. The molecule has 1 amide bonds. The fourth-order valence-corrected chi connectivity index (χ4v) is 3.55. The Morgan fingerprint density at radius 2 is 2.17 bits per heavy atom. The molecule has 0 spiro atoms. The van der Waals surface area contributed by atoms with Gasteiger partial charge in [0, 0.05) is 5.69 Å². The minimum atomic E-state index is -0.474. The highest BCUT2D eigenvalue weighted by Crippen LogP contribution is 2.26. The highest BCUT2D eigenvalue weighted by atomic mass is 32.1. The van der Waals surface area contributed by atoms with Crippen LogP contribution < -0.4 is 5.32 Å². The van der Waals surface area contributed by atoms with Gasteiger partial charge in [-0.05, 0) is 48.6 Å². The normalized spacial score (nSPS) is 12.1. The molecule has 0 saturated heterocycles. The largest absolute Gasteiger partial charge is 0.324 e. The van der Waals surface area contributed by atoms with Gasteiger partial charge in [0.2, 0.25) is 5.91 Å². The number of nitrogens with one attached hydrogen (secondary N) is 2. The summed E-state index contributed by atoms with van der Waals surface area (Å²) < 4.78 is 2.19. The lowest BCUT2D eigenvalue weighted by molar-refractivity contribution is -0.118. The molecule has 3 aromatic rings. The maximum Gasteiger partial charge on any atom is 0.247 e. The number of H-pyrrole nitrogens is 1. The minimum absolute atomic E-state index is 0.119.